The molecule has 0 amide bonds. The number of nitrogens with zero attached hydrogens (tertiary/aromatic N) is 4. The van der Waals surface area contributed by atoms with Crippen molar-refractivity contribution in [3.8, 4) is 0 Å². The van der Waals surface area contributed by atoms with Crippen molar-refractivity contribution >= 4 is 45.1 Å². The van der Waals surface area contributed by atoms with Gasteiger partial charge in [-0.05, 0) is 58.9 Å². The second kappa shape index (κ2) is 6.58. The molecule has 1 aliphatic rings. The smallest absolute Gasteiger partial charge is 0.233 e. The molecule has 1 saturated heterocycles. The summed E-state index contributed by atoms with van der Waals surface area (Å²) in [5, 5.41) is 3.38. The van der Waals surface area contributed by atoms with Gasteiger partial charge >= 0.3 is 0 Å². The van der Waals surface area contributed by atoms with Crippen molar-refractivity contribution in [1.82, 2.24) is 15.0 Å². The first kappa shape index (κ1) is 14.5. The molecule has 0 spiro atoms. The van der Waals surface area contributed by atoms with Gasteiger partial charge in [0, 0.05) is 17.6 Å². The summed E-state index contributed by atoms with van der Waals surface area (Å²) in [5.41, 5.74) is 0.893. The van der Waals surface area contributed by atoms with Crippen molar-refractivity contribution in [2.24, 2.45) is 0 Å². The summed E-state index contributed by atoms with van der Waals surface area (Å²) in [6.07, 6.45) is 3.59. The number of hydrogen-bond donors (Lipinski definition) is 1. The predicted octanol–water partition coefficient (Wildman–Crippen LogP) is 4.02. The zero-order valence-electron chi connectivity index (χ0n) is 11.4. The molecule has 0 aliphatic carbocycles. The second-order valence-corrected chi connectivity index (χ2v) is 6.07. The number of nitrogens with one attached hydrogen (secondary N) is 1. The number of para-hydroxylation sites is 1. The van der Waals surface area contributed by atoms with E-state index in [1.54, 1.807) is 0 Å². The first-order chi connectivity index (χ1) is 10.2. The number of piperidine rings is 1. The monoisotopic (exact) mass is 367 g/mol. The van der Waals surface area contributed by atoms with Crippen LogP contribution in [0, 0.1) is 0 Å². The largest absolute Gasteiger partial charge is 0.341 e. The average Bonchev–Trinajstić information content (AvgIpc) is 2.50. The SMILES string of the molecule is Clc1nc(Nc2ccccc2Br)nc(N2CCCCC2)n1. The van der Waals surface area contributed by atoms with E-state index in [4.69, 9.17) is 11.6 Å². The second-order valence-electron chi connectivity index (χ2n) is 4.88. The molecule has 1 fully saturated rings. The first-order valence-electron chi connectivity index (χ1n) is 6.90. The molecule has 1 aromatic heterocycles. The van der Waals surface area contributed by atoms with E-state index in [-0.39, 0.29) is 5.28 Å². The molecule has 1 N–H and O–H groups in total. The fraction of sp³-hybridized carbons (Fsp3) is 0.357. The van der Waals surface area contributed by atoms with Gasteiger partial charge in [-0.1, -0.05) is 12.1 Å². The lowest BCUT2D eigenvalue weighted by molar-refractivity contribution is 0.567. The Kier molecular flexibility index (Phi) is 4.55. The summed E-state index contributed by atoms with van der Waals surface area (Å²) in [6, 6.07) is 7.80. The van der Waals surface area contributed by atoms with Crippen molar-refractivity contribution in [2.75, 3.05) is 23.3 Å². The Morgan fingerprint density at radius 3 is 2.57 bits per heavy atom. The molecule has 3 rings (SSSR count). The van der Waals surface area contributed by atoms with E-state index < -0.39 is 0 Å². The van der Waals surface area contributed by atoms with Crippen LogP contribution in [-0.2, 0) is 0 Å². The van der Waals surface area contributed by atoms with Gasteiger partial charge in [-0.15, -0.1) is 0 Å². The number of anilines is 3. The predicted molar refractivity (Wildman–Crippen MR) is 88.3 cm³/mol. The van der Waals surface area contributed by atoms with Gasteiger partial charge in [0.1, 0.15) is 0 Å². The molecule has 2 heterocycles. The van der Waals surface area contributed by atoms with E-state index in [0.29, 0.717) is 11.9 Å². The Bertz CT molecular complexity index is 631. The van der Waals surface area contributed by atoms with Crippen LogP contribution in [0.2, 0.25) is 5.28 Å². The van der Waals surface area contributed by atoms with Crippen LogP contribution in [-0.4, -0.2) is 28.0 Å². The molecule has 1 aromatic carbocycles. The number of benzene rings is 1. The fourth-order valence-electron chi connectivity index (χ4n) is 2.31. The molecule has 2 aromatic rings. The van der Waals surface area contributed by atoms with Crippen molar-refractivity contribution in [2.45, 2.75) is 19.3 Å². The normalized spacial score (nSPS) is 15.0. The Morgan fingerprint density at radius 1 is 1.05 bits per heavy atom. The summed E-state index contributed by atoms with van der Waals surface area (Å²) in [5.74, 6) is 1.10. The Labute approximate surface area is 136 Å². The molecule has 21 heavy (non-hydrogen) atoms. The van der Waals surface area contributed by atoms with Gasteiger partial charge in [-0.25, -0.2) is 0 Å². The molecule has 0 atom stereocenters. The van der Waals surface area contributed by atoms with E-state index in [1.807, 2.05) is 24.3 Å². The average molecular weight is 369 g/mol. The summed E-state index contributed by atoms with van der Waals surface area (Å²) >= 11 is 9.52. The van der Waals surface area contributed by atoms with E-state index in [2.05, 4.69) is 41.1 Å². The summed E-state index contributed by atoms with van der Waals surface area (Å²) < 4.78 is 0.945. The molecule has 110 valence electrons. The van der Waals surface area contributed by atoms with Crippen LogP contribution >= 0.6 is 27.5 Å². The third kappa shape index (κ3) is 3.63. The minimum absolute atomic E-state index is 0.208. The maximum absolute atomic E-state index is 6.03. The van der Waals surface area contributed by atoms with E-state index in [1.165, 1.54) is 6.42 Å². The van der Waals surface area contributed by atoms with Crippen LogP contribution in [0.15, 0.2) is 28.7 Å². The van der Waals surface area contributed by atoms with Gasteiger partial charge in [0.15, 0.2) is 0 Å². The Hall–Kier alpha value is -1.40. The van der Waals surface area contributed by atoms with E-state index >= 15 is 0 Å². The van der Waals surface area contributed by atoms with Gasteiger partial charge < -0.3 is 10.2 Å². The van der Waals surface area contributed by atoms with Crippen LogP contribution < -0.4 is 10.2 Å². The van der Waals surface area contributed by atoms with Gasteiger partial charge in [0.25, 0.3) is 0 Å². The highest BCUT2D eigenvalue weighted by atomic mass is 79.9. The topological polar surface area (TPSA) is 53.9 Å². The highest BCUT2D eigenvalue weighted by molar-refractivity contribution is 9.10. The molecular weight excluding hydrogens is 354 g/mol. The fourth-order valence-corrected chi connectivity index (χ4v) is 2.85. The van der Waals surface area contributed by atoms with Crippen molar-refractivity contribution < 1.29 is 0 Å². The minimum Gasteiger partial charge on any atom is -0.341 e. The highest BCUT2D eigenvalue weighted by Gasteiger charge is 2.16. The van der Waals surface area contributed by atoms with Crippen molar-refractivity contribution in [1.29, 1.82) is 0 Å². The lowest BCUT2D eigenvalue weighted by atomic mass is 10.1. The minimum atomic E-state index is 0.208. The zero-order chi connectivity index (χ0) is 14.7. The molecule has 0 bridgehead atoms. The number of rotatable bonds is 3. The number of hydrogen-bond acceptors (Lipinski definition) is 5. The van der Waals surface area contributed by atoms with Crippen molar-refractivity contribution in [3.05, 3.63) is 34.0 Å². The van der Waals surface area contributed by atoms with Gasteiger partial charge in [0.2, 0.25) is 17.2 Å². The third-order valence-electron chi connectivity index (χ3n) is 3.36. The van der Waals surface area contributed by atoms with Crippen LogP contribution in [0.4, 0.5) is 17.6 Å². The van der Waals surface area contributed by atoms with Crippen LogP contribution in [0.25, 0.3) is 0 Å². The summed E-state index contributed by atoms with van der Waals surface area (Å²) in [6.45, 7) is 1.93. The maximum atomic E-state index is 6.03. The van der Waals surface area contributed by atoms with Gasteiger partial charge in [-0.3, -0.25) is 0 Å². The van der Waals surface area contributed by atoms with Gasteiger partial charge in [0.05, 0.1) is 5.69 Å². The van der Waals surface area contributed by atoms with Crippen LogP contribution in [0.3, 0.4) is 0 Å². The Balaban J connectivity index is 1.85. The quantitative estimate of drug-likeness (QED) is 0.886. The summed E-state index contributed by atoms with van der Waals surface area (Å²) in [4.78, 5) is 15.0. The zero-order valence-corrected chi connectivity index (χ0v) is 13.7. The lowest BCUT2D eigenvalue weighted by Gasteiger charge is -2.26. The molecule has 5 nitrogen and oxygen atoms in total. The molecular formula is C14H15BrClN5. The molecule has 0 radical (unpaired) electrons. The third-order valence-corrected chi connectivity index (χ3v) is 4.22. The van der Waals surface area contributed by atoms with Crippen LogP contribution in [0.1, 0.15) is 19.3 Å². The molecule has 0 unspecified atom stereocenters. The van der Waals surface area contributed by atoms with Crippen molar-refractivity contribution in [3.63, 3.8) is 0 Å². The number of aromatic nitrogens is 3. The van der Waals surface area contributed by atoms with Crippen LogP contribution in [0.5, 0.6) is 0 Å². The maximum Gasteiger partial charge on any atom is 0.233 e. The Morgan fingerprint density at radius 2 is 1.81 bits per heavy atom. The molecule has 7 heteroatoms. The van der Waals surface area contributed by atoms with E-state index in [0.717, 1.165) is 36.1 Å². The van der Waals surface area contributed by atoms with E-state index in [9.17, 15) is 0 Å². The molecule has 1 aliphatic heterocycles. The summed E-state index contributed by atoms with van der Waals surface area (Å²) in [7, 11) is 0. The van der Waals surface area contributed by atoms with Gasteiger partial charge in [-0.2, -0.15) is 15.0 Å². The lowest BCUT2D eigenvalue weighted by Crippen LogP contribution is -2.31. The number of halogens is 2. The standard InChI is InChI=1S/C14H15BrClN5/c15-10-6-2-3-7-11(10)17-13-18-12(16)19-14(20-13)21-8-4-1-5-9-21/h2-3,6-7H,1,4-5,8-9H2,(H,17,18,19,20). The molecule has 0 saturated carbocycles. The first-order valence-corrected chi connectivity index (χ1v) is 8.07. The highest BCUT2D eigenvalue weighted by Crippen LogP contribution is 2.25.